The van der Waals surface area contributed by atoms with E-state index in [1.54, 1.807) is 30.3 Å². The number of amides is 1. The molecule has 1 N–H and O–H groups in total. The lowest BCUT2D eigenvalue weighted by Crippen LogP contribution is -2.17. The lowest BCUT2D eigenvalue weighted by molar-refractivity contribution is 0.0955. The molecular formula is C18H11Cl2FN2O2. The molecule has 0 saturated heterocycles. The van der Waals surface area contributed by atoms with Gasteiger partial charge in [-0.05, 0) is 54.6 Å². The summed E-state index contributed by atoms with van der Waals surface area (Å²) < 4.78 is 18.4. The SMILES string of the molecule is O=C(NN=Cc1ccc(-c2cc(Cl)ccc2Cl)o1)c1ccc(F)cc1. The van der Waals surface area contributed by atoms with Gasteiger partial charge in [-0.2, -0.15) is 5.10 Å². The van der Waals surface area contributed by atoms with Crippen molar-refractivity contribution in [3.8, 4) is 11.3 Å². The number of hydrogen-bond donors (Lipinski definition) is 1. The minimum atomic E-state index is -0.457. The van der Waals surface area contributed by atoms with E-state index in [-0.39, 0.29) is 0 Å². The van der Waals surface area contributed by atoms with E-state index in [0.717, 1.165) is 0 Å². The molecule has 25 heavy (non-hydrogen) atoms. The predicted molar refractivity (Wildman–Crippen MR) is 95.6 cm³/mol. The minimum absolute atomic E-state index is 0.296. The Morgan fingerprint density at radius 2 is 1.84 bits per heavy atom. The van der Waals surface area contributed by atoms with E-state index < -0.39 is 11.7 Å². The number of furan rings is 1. The number of carbonyl (C=O) groups excluding carboxylic acids is 1. The van der Waals surface area contributed by atoms with Crippen LogP contribution in [0.4, 0.5) is 4.39 Å². The Kier molecular flexibility index (Phi) is 5.16. The van der Waals surface area contributed by atoms with Gasteiger partial charge in [0.1, 0.15) is 17.3 Å². The largest absolute Gasteiger partial charge is 0.455 e. The number of hydrazone groups is 1. The van der Waals surface area contributed by atoms with Crippen LogP contribution in [0.3, 0.4) is 0 Å². The van der Waals surface area contributed by atoms with Gasteiger partial charge in [0.05, 0.1) is 11.2 Å². The van der Waals surface area contributed by atoms with Crippen LogP contribution in [0, 0.1) is 5.82 Å². The Bertz CT molecular complexity index is 937. The number of halogens is 3. The van der Waals surface area contributed by atoms with E-state index in [0.29, 0.717) is 32.7 Å². The van der Waals surface area contributed by atoms with Crippen LogP contribution in [0.25, 0.3) is 11.3 Å². The summed E-state index contributed by atoms with van der Waals surface area (Å²) in [6.45, 7) is 0. The summed E-state index contributed by atoms with van der Waals surface area (Å²) in [6, 6.07) is 13.6. The third-order valence-electron chi connectivity index (χ3n) is 3.28. The fraction of sp³-hybridized carbons (Fsp3) is 0. The third-order valence-corrected chi connectivity index (χ3v) is 3.85. The molecule has 0 aliphatic carbocycles. The van der Waals surface area contributed by atoms with E-state index >= 15 is 0 Å². The van der Waals surface area contributed by atoms with Gasteiger partial charge in [0.15, 0.2) is 0 Å². The number of nitrogens with one attached hydrogen (secondary N) is 1. The third kappa shape index (κ3) is 4.26. The summed E-state index contributed by atoms with van der Waals surface area (Å²) in [5.74, 6) is 0.0769. The summed E-state index contributed by atoms with van der Waals surface area (Å²) in [4.78, 5) is 11.8. The number of nitrogens with zero attached hydrogens (tertiary/aromatic N) is 1. The number of benzene rings is 2. The lowest BCUT2D eigenvalue weighted by Gasteiger charge is -2.01. The van der Waals surface area contributed by atoms with Gasteiger partial charge in [0, 0.05) is 16.1 Å². The molecule has 0 saturated carbocycles. The smallest absolute Gasteiger partial charge is 0.271 e. The summed E-state index contributed by atoms with van der Waals surface area (Å²) in [7, 11) is 0. The van der Waals surface area contributed by atoms with Crippen LogP contribution < -0.4 is 5.43 Å². The Balaban J connectivity index is 1.69. The Hall–Kier alpha value is -2.63. The van der Waals surface area contributed by atoms with Crippen LogP contribution in [0.5, 0.6) is 0 Å². The van der Waals surface area contributed by atoms with Crippen LogP contribution >= 0.6 is 23.2 Å². The molecular weight excluding hydrogens is 366 g/mol. The van der Waals surface area contributed by atoms with Crippen molar-refractivity contribution >= 4 is 35.3 Å². The van der Waals surface area contributed by atoms with E-state index in [4.69, 9.17) is 27.6 Å². The highest BCUT2D eigenvalue weighted by Gasteiger charge is 2.09. The van der Waals surface area contributed by atoms with Crippen molar-refractivity contribution in [2.45, 2.75) is 0 Å². The van der Waals surface area contributed by atoms with Crippen LogP contribution in [0.15, 0.2) is 64.1 Å². The molecule has 4 nitrogen and oxygen atoms in total. The van der Waals surface area contributed by atoms with Crippen LogP contribution in [-0.2, 0) is 0 Å². The van der Waals surface area contributed by atoms with Gasteiger partial charge in [-0.3, -0.25) is 4.79 Å². The standard InChI is InChI=1S/C18H11Cl2FN2O2/c19-12-3-7-16(20)15(9-12)17-8-6-14(25-17)10-22-23-18(24)11-1-4-13(21)5-2-11/h1-10H,(H,23,24). The van der Waals surface area contributed by atoms with Gasteiger partial charge < -0.3 is 4.42 Å². The van der Waals surface area contributed by atoms with Crippen molar-refractivity contribution in [1.82, 2.24) is 5.43 Å². The molecule has 0 bridgehead atoms. The molecule has 1 heterocycles. The summed E-state index contributed by atoms with van der Waals surface area (Å²) >= 11 is 12.1. The van der Waals surface area contributed by atoms with Crippen molar-refractivity contribution in [3.05, 3.63) is 81.8 Å². The monoisotopic (exact) mass is 376 g/mol. The first-order valence-corrected chi connectivity index (χ1v) is 7.93. The fourth-order valence-corrected chi connectivity index (χ4v) is 2.46. The van der Waals surface area contributed by atoms with Crippen molar-refractivity contribution in [2.75, 3.05) is 0 Å². The van der Waals surface area contributed by atoms with E-state index in [1.807, 2.05) is 0 Å². The van der Waals surface area contributed by atoms with Gasteiger partial charge >= 0.3 is 0 Å². The first-order valence-electron chi connectivity index (χ1n) is 7.17. The zero-order valence-corrected chi connectivity index (χ0v) is 14.2. The van der Waals surface area contributed by atoms with E-state index in [1.165, 1.54) is 30.5 Å². The van der Waals surface area contributed by atoms with Gasteiger partial charge in [-0.1, -0.05) is 23.2 Å². The summed E-state index contributed by atoms with van der Waals surface area (Å²) in [6.07, 6.45) is 1.35. The van der Waals surface area contributed by atoms with Gasteiger partial charge in [0.25, 0.3) is 5.91 Å². The van der Waals surface area contributed by atoms with Crippen LogP contribution in [0.1, 0.15) is 16.1 Å². The van der Waals surface area contributed by atoms with Crippen molar-refractivity contribution in [1.29, 1.82) is 0 Å². The molecule has 1 amide bonds. The van der Waals surface area contributed by atoms with E-state index in [9.17, 15) is 9.18 Å². The van der Waals surface area contributed by atoms with Crippen molar-refractivity contribution in [2.24, 2.45) is 5.10 Å². The normalized spacial score (nSPS) is 11.0. The minimum Gasteiger partial charge on any atom is -0.455 e. The van der Waals surface area contributed by atoms with E-state index in [2.05, 4.69) is 10.5 Å². The highest BCUT2D eigenvalue weighted by Crippen LogP contribution is 2.31. The molecule has 0 radical (unpaired) electrons. The number of carbonyl (C=O) groups is 1. The highest BCUT2D eigenvalue weighted by atomic mass is 35.5. The highest BCUT2D eigenvalue weighted by molar-refractivity contribution is 6.35. The molecule has 7 heteroatoms. The lowest BCUT2D eigenvalue weighted by atomic mass is 10.2. The maximum absolute atomic E-state index is 12.8. The quantitative estimate of drug-likeness (QED) is 0.505. The maximum atomic E-state index is 12.8. The predicted octanol–water partition coefficient (Wildman–Crippen LogP) is 5.16. The summed E-state index contributed by atoms with van der Waals surface area (Å²) in [5.41, 5.74) is 3.29. The average Bonchev–Trinajstić information content (AvgIpc) is 3.06. The molecule has 3 aromatic rings. The first-order chi connectivity index (χ1) is 12.0. The Labute approximate surface area is 152 Å². The second-order valence-corrected chi connectivity index (χ2v) is 5.88. The van der Waals surface area contributed by atoms with Gasteiger partial charge in [0.2, 0.25) is 0 Å². The molecule has 0 aliphatic heterocycles. The van der Waals surface area contributed by atoms with Crippen LogP contribution in [-0.4, -0.2) is 12.1 Å². The molecule has 0 fully saturated rings. The maximum Gasteiger partial charge on any atom is 0.271 e. The number of hydrogen-bond acceptors (Lipinski definition) is 3. The van der Waals surface area contributed by atoms with Crippen molar-refractivity contribution < 1.29 is 13.6 Å². The second-order valence-electron chi connectivity index (χ2n) is 5.03. The molecule has 3 rings (SSSR count). The number of rotatable bonds is 4. The Morgan fingerprint density at radius 3 is 2.60 bits per heavy atom. The second kappa shape index (κ2) is 7.51. The summed E-state index contributed by atoms with van der Waals surface area (Å²) in [5, 5.41) is 4.86. The first kappa shape index (κ1) is 17.2. The van der Waals surface area contributed by atoms with Crippen molar-refractivity contribution in [3.63, 3.8) is 0 Å². The zero-order valence-electron chi connectivity index (χ0n) is 12.7. The zero-order chi connectivity index (χ0) is 17.8. The molecule has 0 spiro atoms. The topological polar surface area (TPSA) is 54.6 Å². The molecule has 1 aromatic heterocycles. The van der Waals surface area contributed by atoms with Gasteiger partial charge in [-0.25, -0.2) is 9.82 Å². The molecule has 126 valence electrons. The molecule has 0 unspecified atom stereocenters. The molecule has 0 aliphatic rings. The molecule has 0 atom stereocenters. The average molecular weight is 377 g/mol. The van der Waals surface area contributed by atoms with Gasteiger partial charge in [-0.15, -0.1) is 0 Å². The Morgan fingerprint density at radius 1 is 1.08 bits per heavy atom. The fourth-order valence-electron chi connectivity index (χ4n) is 2.07. The van der Waals surface area contributed by atoms with Crippen LogP contribution in [0.2, 0.25) is 10.0 Å². The molecule has 2 aromatic carbocycles.